The molecular weight excluding hydrogens is 296 g/mol. The molecule has 0 unspecified atom stereocenters. The molecule has 2 heterocycles. The van der Waals surface area contributed by atoms with Crippen molar-refractivity contribution in [3.05, 3.63) is 46.4 Å². The summed E-state index contributed by atoms with van der Waals surface area (Å²) in [6, 6.07) is 3.81. The van der Waals surface area contributed by atoms with Gasteiger partial charge < -0.3 is 20.7 Å². The highest BCUT2D eigenvalue weighted by atomic mass is 16.4. The fourth-order valence-electron chi connectivity index (χ4n) is 2.42. The average molecular weight is 316 g/mol. The maximum absolute atomic E-state index is 12.2. The smallest absolute Gasteiger partial charge is 0.352 e. The van der Waals surface area contributed by atoms with Gasteiger partial charge in [0, 0.05) is 25.0 Å². The van der Waals surface area contributed by atoms with E-state index in [1.165, 1.54) is 0 Å². The van der Waals surface area contributed by atoms with Crippen LogP contribution < -0.4 is 10.6 Å². The van der Waals surface area contributed by atoms with Crippen LogP contribution >= 0.6 is 0 Å². The minimum atomic E-state index is -1.07. The van der Waals surface area contributed by atoms with E-state index in [0.29, 0.717) is 29.9 Å². The molecule has 7 nitrogen and oxygen atoms in total. The van der Waals surface area contributed by atoms with Gasteiger partial charge in [-0.05, 0) is 38.0 Å². The van der Waals surface area contributed by atoms with Gasteiger partial charge in [-0.15, -0.1) is 0 Å². The number of carboxylic acid groups (broad SMARTS) is 1. The number of aromatic carboxylic acids is 1. The Labute approximate surface area is 134 Å². The minimum absolute atomic E-state index is 0.0508. The number of carbonyl (C=O) groups is 2. The lowest BCUT2D eigenvalue weighted by Crippen LogP contribution is -2.29. The van der Waals surface area contributed by atoms with Gasteiger partial charge in [-0.2, -0.15) is 0 Å². The third-order valence-electron chi connectivity index (χ3n) is 3.59. The molecule has 0 aliphatic carbocycles. The second kappa shape index (κ2) is 6.95. The molecule has 4 N–H and O–H groups in total. The monoisotopic (exact) mass is 316 g/mol. The number of carbonyl (C=O) groups excluding carboxylic acids is 1. The van der Waals surface area contributed by atoms with Gasteiger partial charge >= 0.3 is 5.97 Å². The summed E-state index contributed by atoms with van der Waals surface area (Å²) < 4.78 is 0. The fraction of sp³-hybridized carbons (Fsp3) is 0.312. The molecule has 0 bridgehead atoms. The summed E-state index contributed by atoms with van der Waals surface area (Å²) >= 11 is 0. The van der Waals surface area contributed by atoms with Gasteiger partial charge in [0.1, 0.15) is 11.5 Å². The highest BCUT2D eigenvalue weighted by Gasteiger charge is 2.21. The molecule has 7 heteroatoms. The van der Waals surface area contributed by atoms with Crippen LogP contribution in [0.2, 0.25) is 0 Å². The molecule has 0 aliphatic rings. The fourth-order valence-corrected chi connectivity index (χ4v) is 2.42. The summed E-state index contributed by atoms with van der Waals surface area (Å²) in [6.07, 6.45) is 1.70. The molecule has 0 aromatic carbocycles. The van der Waals surface area contributed by atoms with E-state index in [2.05, 4.69) is 20.6 Å². The number of nitrogens with one attached hydrogen (secondary N) is 3. The quantitative estimate of drug-likeness (QED) is 0.609. The summed E-state index contributed by atoms with van der Waals surface area (Å²) in [5, 5.41) is 15.0. The summed E-state index contributed by atoms with van der Waals surface area (Å²) in [7, 11) is 0. The van der Waals surface area contributed by atoms with Crippen molar-refractivity contribution in [1.29, 1.82) is 0 Å². The van der Waals surface area contributed by atoms with Crippen molar-refractivity contribution >= 4 is 17.7 Å². The van der Waals surface area contributed by atoms with Crippen LogP contribution in [0.15, 0.2) is 18.3 Å². The van der Waals surface area contributed by atoms with Crippen LogP contribution in [0, 0.1) is 20.8 Å². The number of carboxylic acids is 1. The third-order valence-corrected chi connectivity index (χ3v) is 3.59. The standard InChI is InChI=1S/C16H20N4O3/c1-9-5-4-6-17-14(9)18-7-8-19-15(21)12-10(2)13(16(22)23)20-11(12)3/h4-6,20H,7-8H2,1-3H3,(H,17,18)(H,19,21)(H,22,23). The topological polar surface area (TPSA) is 107 Å². The minimum Gasteiger partial charge on any atom is -0.477 e. The Morgan fingerprint density at radius 1 is 1.26 bits per heavy atom. The van der Waals surface area contributed by atoms with Gasteiger partial charge in [0.05, 0.1) is 5.56 Å². The molecule has 0 atom stereocenters. The number of aromatic nitrogens is 2. The van der Waals surface area contributed by atoms with Crippen LogP contribution in [0.4, 0.5) is 5.82 Å². The van der Waals surface area contributed by atoms with Crippen LogP contribution in [0.25, 0.3) is 0 Å². The molecule has 2 aromatic rings. The Balaban J connectivity index is 1.93. The van der Waals surface area contributed by atoms with Crippen molar-refractivity contribution in [1.82, 2.24) is 15.3 Å². The summed E-state index contributed by atoms with van der Waals surface area (Å²) in [6.45, 7) is 6.19. The number of hydrogen-bond acceptors (Lipinski definition) is 4. The second-order valence-electron chi connectivity index (χ2n) is 5.28. The number of anilines is 1. The van der Waals surface area contributed by atoms with E-state index in [1.54, 1.807) is 20.0 Å². The first-order valence-corrected chi connectivity index (χ1v) is 7.28. The summed E-state index contributed by atoms with van der Waals surface area (Å²) in [4.78, 5) is 30.3. The Kier molecular flexibility index (Phi) is 5.00. The molecule has 0 spiro atoms. The Bertz CT molecular complexity index is 737. The van der Waals surface area contributed by atoms with E-state index in [0.717, 1.165) is 11.4 Å². The number of aryl methyl sites for hydroxylation is 2. The van der Waals surface area contributed by atoms with E-state index in [4.69, 9.17) is 5.11 Å². The van der Waals surface area contributed by atoms with Gasteiger partial charge in [0.15, 0.2) is 0 Å². The van der Waals surface area contributed by atoms with E-state index in [9.17, 15) is 9.59 Å². The molecule has 1 amide bonds. The Morgan fingerprint density at radius 3 is 2.61 bits per heavy atom. The molecule has 122 valence electrons. The van der Waals surface area contributed by atoms with Crippen LogP contribution in [0.1, 0.15) is 37.7 Å². The van der Waals surface area contributed by atoms with Gasteiger partial charge in [-0.25, -0.2) is 9.78 Å². The lowest BCUT2D eigenvalue weighted by Gasteiger charge is -2.09. The zero-order chi connectivity index (χ0) is 17.0. The van der Waals surface area contributed by atoms with Crippen molar-refractivity contribution in [2.75, 3.05) is 18.4 Å². The molecule has 0 aliphatic heterocycles. The first kappa shape index (κ1) is 16.5. The van der Waals surface area contributed by atoms with Crippen molar-refractivity contribution in [3.63, 3.8) is 0 Å². The normalized spacial score (nSPS) is 10.4. The summed E-state index contributed by atoms with van der Waals surface area (Å²) in [5.41, 5.74) is 2.46. The first-order chi connectivity index (χ1) is 10.9. The highest BCUT2D eigenvalue weighted by molar-refractivity contribution is 6.00. The predicted octanol–water partition coefficient (Wildman–Crippen LogP) is 1.88. The largest absolute Gasteiger partial charge is 0.477 e. The lowest BCUT2D eigenvalue weighted by atomic mass is 10.1. The van der Waals surface area contributed by atoms with Gasteiger partial charge in [0.2, 0.25) is 0 Å². The number of rotatable bonds is 6. The van der Waals surface area contributed by atoms with Crippen molar-refractivity contribution in [2.45, 2.75) is 20.8 Å². The molecule has 0 radical (unpaired) electrons. The average Bonchev–Trinajstić information content (AvgIpc) is 2.80. The number of nitrogens with zero attached hydrogens (tertiary/aromatic N) is 1. The molecule has 0 fully saturated rings. The van der Waals surface area contributed by atoms with Crippen molar-refractivity contribution in [2.24, 2.45) is 0 Å². The predicted molar refractivity (Wildman–Crippen MR) is 87.0 cm³/mol. The van der Waals surface area contributed by atoms with Crippen LogP contribution in [0.5, 0.6) is 0 Å². The number of aromatic amines is 1. The number of amides is 1. The van der Waals surface area contributed by atoms with E-state index < -0.39 is 5.97 Å². The molecule has 2 rings (SSSR count). The van der Waals surface area contributed by atoms with Gasteiger partial charge in [-0.1, -0.05) is 6.07 Å². The highest BCUT2D eigenvalue weighted by Crippen LogP contribution is 2.17. The zero-order valence-corrected chi connectivity index (χ0v) is 13.4. The SMILES string of the molecule is Cc1cccnc1NCCNC(=O)c1c(C)[nH]c(C(=O)O)c1C. The zero-order valence-electron chi connectivity index (χ0n) is 13.4. The lowest BCUT2D eigenvalue weighted by molar-refractivity contribution is 0.0690. The number of hydrogen-bond donors (Lipinski definition) is 4. The Morgan fingerprint density at radius 2 is 2.00 bits per heavy atom. The van der Waals surface area contributed by atoms with Crippen LogP contribution in [0.3, 0.4) is 0 Å². The van der Waals surface area contributed by atoms with Gasteiger partial charge in [-0.3, -0.25) is 4.79 Å². The summed E-state index contributed by atoms with van der Waals surface area (Å²) in [5.74, 6) is -0.579. The van der Waals surface area contributed by atoms with E-state index in [-0.39, 0.29) is 11.6 Å². The molecular formula is C16H20N4O3. The second-order valence-corrected chi connectivity index (χ2v) is 5.28. The van der Waals surface area contributed by atoms with Crippen molar-refractivity contribution in [3.8, 4) is 0 Å². The van der Waals surface area contributed by atoms with Crippen LogP contribution in [-0.2, 0) is 0 Å². The van der Waals surface area contributed by atoms with E-state index >= 15 is 0 Å². The van der Waals surface area contributed by atoms with E-state index in [1.807, 2.05) is 19.1 Å². The Hall–Kier alpha value is -2.83. The third kappa shape index (κ3) is 3.68. The number of pyridine rings is 1. The number of H-pyrrole nitrogens is 1. The van der Waals surface area contributed by atoms with Crippen molar-refractivity contribution < 1.29 is 14.7 Å². The first-order valence-electron chi connectivity index (χ1n) is 7.28. The maximum atomic E-state index is 12.2. The maximum Gasteiger partial charge on any atom is 0.352 e. The molecule has 2 aromatic heterocycles. The molecule has 0 saturated heterocycles. The van der Waals surface area contributed by atoms with Crippen LogP contribution in [-0.4, -0.2) is 40.0 Å². The molecule has 23 heavy (non-hydrogen) atoms. The molecule has 0 saturated carbocycles. The van der Waals surface area contributed by atoms with Gasteiger partial charge in [0.25, 0.3) is 5.91 Å².